The van der Waals surface area contributed by atoms with E-state index in [0.717, 1.165) is 0 Å². The van der Waals surface area contributed by atoms with Gasteiger partial charge in [-0.05, 0) is 19.1 Å². The first-order chi connectivity index (χ1) is 7.41. The van der Waals surface area contributed by atoms with E-state index in [4.69, 9.17) is 5.11 Å². The van der Waals surface area contributed by atoms with Gasteiger partial charge < -0.3 is 10.4 Å². The summed E-state index contributed by atoms with van der Waals surface area (Å²) in [5.41, 5.74) is 0.0191. The largest absolute Gasteiger partial charge is 0.480 e. The maximum Gasteiger partial charge on any atom is 0.325 e. The second-order valence-electron chi connectivity index (χ2n) is 3.12. The molecule has 0 saturated heterocycles. The third-order valence-corrected chi connectivity index (χ3v) is 2.39. The van der Waals surface area contributed by atoms with Crippen LogP contribution in [0.3, 0.4) is 0 Å². The first-order valence-electron chi connectivity index (χ1n) is 4.35. The number of nitro benzene ring substituents is 1. The zero-order chi connectivity index (χ0) is 12.3. The normalized spacial score (nSPS) is 11.9. The zero-order valence-corrected chi connectivity index (χ0v) is 9.89. The summed E-state index contributed by atoms with van der Waals surface area (Å²) >= 11 is 3.16. The maximum atomic E-state index is 10.7. The van der Waals surface area contributed by atoms with Crippen LogP contribution in [0.4, 0.5) is 11.4 Å². The van der Waals surface area contributed by atoms with Crippen LogP contribution in [-0.4, -0.2) is 22.0 Å². The van der Waals surface area contributed by atoms with E-state index in [2.05, 4.69) is 21.2 Å². The van der Waals surface area contributed by atoms with Crippen molar-refractivity contribution in [2.24, 2.45) is 0 Å². The van der Waals surface area contributed by atoms with Crippen LogP contribution in [0.15, 0.2) is 22.7 Å². The minimum atomic E-state index is -1.07. The highest BCUT2D eigenvalue weighted by atomic mass is 79.9. The molecule has 0 fully saturated rings. The average Bonchev–Trinajstić information content (AvgIpc) is 2.16. The number of nitrogens with zero attached hydrogens (tertiary/aromatic N) is 1. The van der Waals surface area contributed by atoms with E-state index in [1.807, 2.05) is 0 Å². The van der Waals surface area contributed by atoms with E-state index in [0.29, 0.717) is 4.47 Å². The number of benzene rings is 1. The lowest BCUT2D eigenvalue weighted by atomic mass is 10.2. The van der Waals surface area contributed by atoms with Gasteiger partial charge in [0.15, 0.2) is 0 Å². The standard InChI is InChI=1S/C9H9BrN2O4/c1-5(9(13)14)11-7-4-6(10)2-3-8(7)12(15)16/h2-5,11H,1H3,(H,13,14). The predicted molar refractivity (Wildman–Crippen MR) is 61.5 cm³/mol. The molecule has 0 radical (unpaired) electrons. The van der Waals surface area contributed by atoms with E-state index in [1.54, 1.807) is 0 Å². The molecule has 0 heterocycles. The third-order valence-electron chi connectivity index (χ3n) is 1.90. The number of carbonyl (C=O) groups is 1. The van der Waals surface area contributed by atoms with E-state index in [1.165, 1.54) is 25.1 Å². The van der Waals surface area contributed by atoms with E-state index < -0.39 is 16.9 Å². The Morgan fingerprint density at radius 3 is 2.75 bits per heavy atom. The van der Waals surface area contributed by atoms with Gasteiger partial charge in [0.25, 0.3) is 5.69 Å². The fraction of sp³-hybridized carbons (Fsp3) is 0.222. The molecule has 0 spiro atoms. The SMILES string of the molecule is CC(Nc1cc(Br)ccc1[N+](=O)[O-])C(=O)O. The average molecular weight is 289 g/mol. The van der Waals surface area contributed by atoms with Gasteiger partial charge >= 0.3 is 5.97 Å². The molecular formula is C9H9BrN2O4. The maximum absolute atomic E-state index is 10.7. The molecule has 0 aliphatic carbocycles. The van der Waals surface area contributed by atoms with Crippen molar-refractivity contribution >= 4 is 33.3 Å². The Balaban J connectivity index is 3.05. The summed E-state index contributed by atoms with van der Waals surface area (Å²) in [5.74, 6) is -1.07. The van der Waals surface area contributed by atoms with Crippen molar-refractivity contribution in [3.8, 4) is 0 Å². The van der Waals surface area contributed by atoms with Crippen molar-refractivity contribution in [2.75, 3.05) is 5.32 Å². The summed E-state index contributed by atoms with van der Waals surface area (Å²) < 4.78 is 0.637. The van der Waals surface area contributed by atoms with Crippen molar-refractivity contribution in [3.05, 3.63) is 32.8 Å². The van der Waals surface area contributed by atoms with Crippen LogP contribution in [-0.2, 0) is 4.79 Å². The lowest BCUT2D eigenvalue weighted by Gasteiger charge is -2.11. The number of carboxylic acid groups (broad SMARTS) is 1. The Hall–Kier alpha value is -1.63. The van der Waals surface area contributed by atoms with Gasteiger partial charge in [-0.3, -0.25) is 14.9 Å². The van der Waals surface area contributed by atoms with Gasteiger partial charge in [-0.2, -0.15) is 0 Å². The van der Waals surface area contributed by atoms with Crippen molar-refractivity contribution in [3.63, 3.8) is 0 Å². The molecule has 2 N–H and O–H groups in total. The van der Waals surface area contributed by atoms with E-state index >= 15 is 0 Å². The quantitative estimate of drug-likeness (QED) is 0.655. The summed E-state index contributed by atoms with van der Waals surface area (Å²) in [5, 5.41) is 21.9. The Kier molecular flexibility index (Phi) is 3.83. The van der Waals surface area contributed by atoms with Crippen molar-refractivity contribution in [2.45, 2.75) is 13.0 Å². The molecule has 86 valence electrons. The monoisotopic (exact) mass is 288 g/mol. The lowest BCUT2D eigenvalue weighted by Crippen LogP contribution is -2.25. The molecule has 16 heavy (non-hydrogen) atoms. The molecule has 1 rings (SSSR count). The van der Waals surface area contributed by atoms with Gasteiger partial charge in [0, 0.05) is 10.5 Å². The first-order valence-corrected chi connectivity index (χ1v) is 5.14. The predicted octanol–water partition coefficient (Wildman–Crippen LogP) is 2.24. The highest BCUT2D eigenvalue weighted by Gasteiger charge is 2.18. The van der Waals surface area contributed by atoms with Crippen LogP contribution in [0.1, 0.15) is 6.92 Å². The molecule has 6 nitrogen and oxygen atoms in total. The Labute approximate surface area is 99.6 Å². The van der Waals surface area contributed by atoms with Crippen LogP contribution in [0, 0.1) is 10.1 Å². The number of anilines is 1. The number of hydrogen-bond donors (Lipinski definition) is 2. The van der Waals surface area contributed by atoms with Crippen LogP contribution in [0.25, 0.3) is 0 Å². The van der Waals surface area contributed by atoms with Crippen LogP contribution in [0.2, 0.25) is 0 Å². The molecule has 0 saturated carbocycles. The van der Waals surface area contributed by atoms with Crippen LogP contribution >= 0.6 is 15.9 Å². The molecule has 1 unspecified atom stereocenters. The van der Waals surface area contributed by atoms with Gasteiger partial charge in [-0.15, -0.1) is 0 Å². The summed E-state index contributed by atoms with van der Waals surface area (Å²) in [7, 11) is 0. The fourth-order valence-electron chi connectivity index (χ4n) is 1.08. The molecule has 0 amide bonds. The molecule has 7 heteroatoms. The number of carboxylic acids is 1. The Morgan fingerprint density at radius 2 is 2.25 bits per heavy atom. The van der Waals surface area contributed by atoms with Gasteiger partial charge in [-0.25, -0.2) is 0 Å². The summed E-state index contributed by atoms with van der Waals surface area (Å²) in [6.07, 6.45) is 0. The van der Waals surface area contributed by atoms with Crippen molar-refractivity contribution < 1.29 is 14.8 Å². The number of aliphatic carboxylic acids is 1. The molecule has 0 aliphatic rings. The third kappa shape index (κ3) is 2.93. The smallest absolute Gasteiger partial charge is 0.325 e. The Morgan fingerprint density at radius 1 is 1.62 bits per heavy atom. The number of nitro groups is 1. The number of rotatable bonds is 4. The summed E-state index contributed by atoms with van der Waals surface area (Å²) in [4.78, 5) is 20.7. The first kappa shape index (κ1) is 12.4. The minimum Gasteiger partial charge on any atom is -0.480 e. The van der Waals surface area contributed by atoms with Gasteiger partial charge in [0.1, 0.15) is 11.7 Å². The lowest BCUT2D eigenvalue weighted by molar-refractivity contribution is -0.384. The van der Waals surface area contributed by atoms with Crippen LogP contribution in [0.5, 0.6) is 0 Å². The highest BCUT2D eigenvalue weighted by molar-refractivity contribution is 9.10. The summed E-state index contributed by atoms with van der Waals surface area (Å²) in [6.45, 7) is 1.41. The van der Waals surface area contributed by atoms with E-state index in [-0.39, 0.29) is 11.4 Å². The molecule has 0 aromatic heterocycles. The number of halogens is 1. The fourth-order valence-corrected chi connectivity index (χ4v) is 1.44. The molecule has 0 bridgehead atoms. The Bertz CT molecular complexity index is 436. The van der Waals surface area contributed by atoms with E-state index in [9.17, 15) is 14.9 Å². The second-order valence-corrected chi connectivity index (χ2v) is 4.04. The minimum absolute atomic E-state index is 0.156. The molecule has 1 atom stereocenters. The zero-order valence-electron chi connectivity index (χ0n) is 8.31. The molecule has 1 aromatic carbocycles. The number of nitrogens with one attached hydrogen (secondary N) is 1. The van der Waals surface area contributed by atoms with Crippen LogP contribution < -0.4 is 5.32 Å². The van der Waals surface area contributed by atoms with Gasteiger partial charge in [0.05, 0.1) is 4.92 Å². The molecule has 1 aromatic rings. The van der Waals surface area contributed by atoms with Gasteiger partial charge in [0.2, 0.25) is 0 Å². The van der Waals surface area contributed by atoms with Gasteiger partial charge in [-0.1, -0.05) is 15.9 Å². The number of hydrogen-bond acceptors (Lipinski definition) is 4. The van der Waals surface area contributed by atoms with Crippen molar-refractivity contribution in [1.82, 2.24) is 0 Å². The molecule has 0 aliphatic heterocycles. The second kappa shape index (κ2) is 4.93. The van der Waals surface area contributed by atoms with Crippen molar-refractivity contribution in [1.29, 1.82) is 0 Å². The topological polar surface area (TPSA) is 92.5 Å². The molecular weight excluding hydrogens is 280 g/mol. The summed E-state index contributed by atoms with van der Waals surface area (Å²) in [6, 6.07) is 3.40. The highest BCUT2D eigenvalue weighted by Crippen LogP contribution is 2.28.